The first-order chi connectivity index (χ1) is 19.4. The van der Waals surface area contributed by atoms with Crippen LogP contribution < -0.4 is 5.62 Å². The zero-order valence-electron chi connectivity index (χ0n) is 26.9. The minimum absolute atomic E-state index is 0.367. The summed E-state index contributed by atoms with van der Waals surface area (Å²) >= 11 is 0. The normalized spacial score (nSPS) is 12.3. The Morgan fingerprint density at radius 1 is 0.561 bits per heavy atom. The van der Waals surface area contributed by atoms with Gasteiger partial charge in [-0.3, -0.25) is 9.13 Å². The lowest BCUT2D eigenvalue weighted by atomic mass is 9.92. The average Bonchev–Trinajstić information content (AvgIpc) is 3.32. The predicted octanol–water partition coefficient (Wildman–Crippen LogP) is 10.0. The molecule has 0 atom stereocenters. The summed E-state index contributed by atoms with van der Waals surface area (Å²) in [5.74, 6) is 2.20. The highest BCUT2D eigenvalue weighted by Gasteiger charge is 2.21. The smallest absolute Gasteiger partial charge is 0.220 e. The summed E-state index contributed by atoms with van der Waals surface area (Å²) in [6, 6.07) is 19.8. The molecule has 216 valence electrons. The van der Waals surface area contributed by atoms with Crippen molar-refractivity contribution >= 4 is 11.5 Å². The van der Waals surface area contributed by atoms with Crippen molar-refractivity contribution in [3.05, 3.63) is 106 Å². The third-order valence-electron chi connectivity index (χ3n) is 7.94. The number of aliphatic imine (C=N–C) groups is 1. The van der Waals surface area contributed by atoms with Crippen LogP contribution in [0.25, 0.3) is 11.4 Å². The topological polar surface area (TPSA) is 34.6 Å². The molecule has 0 fully saturated rings. The van der Waals surface area contributed by atoms with Gasteiger partial charge in [-0.05, 0) is 77.8 Å². The lowest BCUT2D eigenvalue weighted by Gasteiger charge is -2.22. The van der Waals surface area contributed by atoms with Gasteiger partial charge in [0, 0.05) is 12.4 Å². The molecule has 4 aromatic rings. The van der Waals surface area contributed by atoms with Gasteiger partial charge in [-0.2, -0.15) is 4.99 Å². The number of hydrogen-bond donors (Lipinski definition) is 0. The van der Waals surface area contributed by atoms with E-state index in [4.69, 9.17) is 9.98 Å². The summed E-state index contributed by atoms with van der Waals surface area (Å²) in [6.07, 6.45) is 4.39. The maximum Gasteiger partial charge on any atom is 0.220 e. The molecule has 0 aliphatic heterocycles. The van der Waals surface area contributed by atoms with E-state index >= 15 is 0 Å². The Morgan fingerprint density at radius 3 is 1.24 bits per heavy atom. The number of benzene rings is 3. The van der Waals surface area contributed by atoms with Gasteiger partial charge in [0.25, 0.3) is 0 Å². The number of imidazole rings is 1. The minimum Gasteiger partial charge on any atom is -0.285 e. The van der Waals surface area contributed by atoms with E-state index in [1.807, 2.05) is 6.92 Å². The van der Waals surface area contributed by atoms with Crippen molar-refractivity contribution in [1.82, 2.24) is 9.13 Å². The van der Waals surface area contributed by atoms with Crippen molar-refractivity contribution < 1.29 is 0 Å². The van der Waals surface area contributed by atoms with Crippen LogP contribution in [-0.2, 0) is 0 Å². The van der Waals surface area contributed by atoms with E-state index in [1.165, 1.54) is 33.6 Å². The van der Waals surface area contributed by atoms with Gasteiger partial charge in [-0.1, -0.05) is 110 Å². The maximum atomic E-state index is 5.33. The van der Waals surface area contributed by atoms with E-state index in [0.29, 0.717) is 23.7 Å². The van der Waals surface area contributed by atoms with Gasteiger partial charge in [0.15, 0.2) is 0 Å². The molecule has 0 bridgehead atoms. The second-order valence-electron chi connectivity index (χ2n) is 12.5. The quantitative estimate of drug-likeness (QED) is 0.163. The largest absolute Gasteiger partial charge is 0.285 e. The number of nitrogens with zero attached hydrogens (tertiary/aromatic N) is 4. The standard InChI is InChI=1S/C37H48N4/c1-23(2)30-17-13-18-31(24(3)4)35(30)40-21-22-41(36-32(25(5)6)19-14-20-33(36)26(7)8)37(40)39-29(11)38-34-27(9)15-12-16-28(34)10/h12-26H,1-11H3. The van der Waals surface area contributed by atoms with E-state index < -0.39 is 0 Å². The summed E-state index contributed by atoms with van der Waals surface area (Å²) in [7, 11) is 0. The molecule has 41 heavy (non-hydrogen) atoms. The third kappa shape index (κ3) is 6.17. The molecule has 0 radical (unpaired) electrons. The van der Waals surface area contributed by atoms with Gasteiger partial charge >= 0.3 is 0 Å². The Balaban J connectivity index is 2.16. The average molecular weight is 549 g/mol. The van der Waals surface area contributed by atoms with Crippen molar-refractivity contribution in [2.75, 3.05) is 0 Å². The molecule has 4 nitrogen and oxygen atoms in total. The molecular weight excluding hydrogens is 500 g/mol. The highest BCUT2D eigenvalue weighted by atomic mass is 15.2. The van der Waals surface area contributed by atoms with Crippen molar-refractivity contribution in [2.45, 2.75) is 99.8 Å². The SMILES string of the molecule is CC(=Nc1c(C)cccc1C)N=c1n(-c2c(C(C)C)cccc2C(C)C)ccn1-c1c(C(C)C)cccc1C(C)C. The summed E-state index contributed by atoms with van der Waals surface area (Å²) in [6.45, 7) is 24.4. The van der Waals surface area contributed by atoms with Crippen molar-refractivity contribution in [3.8, 4) is 11.4 Å². The first-order valence-electron chi connectivity index (χ1n) is 15.1. The third-order valence-corrected chi connectivity index (χ3v) is 7.94. The molecule has 0 saturated heterocycles. The number of amidine groups is 1. The zero-order valence-corrected chi connectivity index (χ0v) is 26.9. The van der Waals surface area contributed by atoms with Crippen LogP contribution in [0.2, 0.25) is 0 Å². The fourth-order valence-electron chi connectivity index (χ4n) is 5.73. The highest BCUT2D eigenvalue weighted by Crippen LogP contribution is 2.33. The van der Waals surface area contributed by atoms with Gasteiger partial charge in [-0.15, -0.1) is 0 Å². The fraction of sp³-hybridized carbons (Fsp3) is 0.405. The molecular formula is C37H48N4. The Hall–Kier alpha value is -3.66. The van der Waals surface area contributed by atoms with Crippen LogP contribution in [-0.4, -0.2) is 15.0 Å². The number of para-hydroxylation sites is 3. The number of hydrogen-bond acceptors (Lipinski definition) is 1. The lowest BCUT2D eigenvalue weighted by molar-refractivity contribution is 0.763. The van der Waals surface area contributed by atoms with Crippen LogP contribution in [0.1, 0.15) is 119 Å². The number of aromatic nitrogens is 2. The molecule has 0 unspecified atom stereocenters. The van der Waals surface area contributed by atoms with Crippen LogP contribution in [0.3, 0.4) is 0 Å². The molecule has 0 aliphatic carbocycles. The maximum absolute atomic E-state index is 5.33. The number of rotatable bonds is 7. The second kappa shape index (κ2) is 12.5. The van der Waals surface area contributed by atoms with E-state index in [-0.39, 0.29) is 0 Å². The molecule has 4 rings (SSSR count). The lowest BCUT2D eigenvalue weighted by Crippen LogP contribution is -2.28. The van der Waals surface area contributed by atoms with Crippen molar-refractivity contribution in [2.24, 2.45) is 9.98 Å². The van der Waals surface area contributed by atoms with E-state index in [0.717, 1.165) is 28.3 Å². The van der Waals surface area contributed by atoms with Crippen LogP contribution in [0.15, 0.2) is 77.0 Å². The van der Waals surface area contributed by atoms with Crippen LogP contribution in [0, 0.1) is 13.8 Å². The van der Waals surface area contributed by atoms with E-state index in [1.54, 1.807) is 0 Å². The van der Waals surface area contributed by atoms with E-state index in [2.05, 4.69) is 145 Å². The Labute approximate surface area is 247 Å². The molecule has 0 spiro atoms. The van der Waals surface area contributed by atoms with Crippen molar-refractivity contribution in [3.63, 3.8) is 0 Å². The minimum atomic E-state index is 0.367. The summed E-state index contributed by atoms with van der Waals surface area (Å²) in [5.41, 5.74) is 11.9. The van der Waals surface area contributed by atoms with Gasteiger partial charge < -0.3 is 0 Å². The van der Waals surface area contributed by atoms with Crippen LogP contribution in [0.5, 0.6) is 0 Å². The monoisotopic (exact) mass is 548 g/mol. The van der Waals surface area contributed by atoms with Gasteiger partial charge in [0.05, 0.1) is 17.1 Å². The molecule has 0 N–H and O–H groups in total. The molecule has 0 amide bonds. The van der Waals surface area contributed by atoms with Gasteiger partial charge in [0.1, 0.15) is 5.84 Å². The first-order valence-corrected chi connectivity index (χ1v) is 15.1. The van der Waals surface area contributed by atoms with Gasteiger partial charge in [-0.25, -0.2) is 4.99 Å². The Bertz CT molecular complexity index is 1470. The van der Waals surface area contributed by atoms with Crippen molar-refractivity contribution in [1.29, 1.82) is 0 Å². The molecule has 3 aromatic carbocycles. The highest BCUT2D eigenvalue weighted by molar-refractivity contribution is 5.84. The summed E-state index contributed by atoms with van der Waals surface area (Å²) in [5, 5.41) is 0. The number of aryl methyl sites for hydroxylation is 2. The fourth-order valence-corrected chi connectivity index (χ4v) is 5.73. The second-order valence-corrected chi connectivity index (χ2v) is 12.5. The van der Waals surface area contributed by atoms with Gasteiger partial charge in [0.2, 0.25) is 5.62 Å². The van der Waals surface area contributed by atoms with E-state index in [9.17, 15) is 0 Å². The first kappa shape index (κ1) is 30.3. The summed E-state index contributed by atoms with van der Waals surface area (Å²) in [4.78, 5) is 10.4. The molecule has 1 heterocycles. The Kier molecular flexibility index (Phi) is 9.21. The molecule has 4 heteroatoms. The summed E-state index contributed by atoms with van der Waals surface area (Å²) < 4.78 is 4.60. The molecule has 1 aromatic heterocycles. The molecule has 0 aliphatic rings. The van der Waals surface area contributed by atoms with Crippen LogP contribution in [0.4, 0.5) is 5.69 Å². The molecule has 0 saturated carbocycles. The predicted molar refractivity (Wildman–Crippen MR) is 176 cm³/mol. The zero-order chi connectivity index (χ0) is 30.0. The van der Waals surface area contributed by atoms with Crippen LogP contribution >= 0.6 is 0 Å². The Morgan fingerprint density at radius 2 is 0.902 bits per heavy atom.